The van der Waals surface area contributed by atoms with E-state index in [2.05, 4.69) is 16.8 Å². The summed E-state index contributed by atoms with van der Waals surface area (Å²) in [6.07, 6.45) is 0. The molecule has 1 aliphatic heterocycles. The molecule has 2 aromatic carbocycles. The Labute approximate surface area is 137 Å². The van der Waals surface area contributed by atoms with Crippen LogP contribution in [0, 0.1) is 0 Å². The molecule has 0 saturated heterocycles. The van der Waals surface area contributed by atoms with Crippen molar-refractivity contribution < 1.29 is 14.3 Å². The number of nitrogens with one attached hydrogen (secondary N) is 1. The molecule has 2 heterocycles. The minimum atomic E-state index is -0.213. The van der Waals surface area contributed by atoms with E-state index in [1.165, 1.54) is 0 Å². The number of rotatable bonds is 3. The summed E-state index contributed by atoms with van der Waals surface area (Å²) in [5.74, 6) is 0.887. The minimum absolute atomic E-state index is 0.146. The quantitative estimate of drug-likeness (QED) is 0.777. The third-order valence-corrected chi connectivity index (χ3v) is 4.30. The largest absolute Gasteiger partial charge is 0.454 e. The number of amides is 1. The maximum Gasteiger partial charge on any atom is 0.259 e. The van der Waals surface area contributed by atoms with Gasteiger partial charge in [-0.15, -0.1) is 0 Å². The molecule has 0 radical (unpaired) electrons. The number of hydrogen-bond acceptors (Lipinski definition) is 4. The first kappa shape index (κ1) is 13.8. The highest BCUT2D eigenvalue weighted by atomic mass is 32.1. The predicted octanol–water partition coefficient (Wildman–Crippen LogP) is 4.40. The Hall–Kier alpha value is -2.79. The Bertz CT molecular complexity index is 858. The van der Waals surface area contributed by atoms with Crippen molar-refractivity contribution in [3.05, 3.63) is 64.9 Å². The molecule has 1 aromatic heterocycles. The molecule has 4 rings (SSSR count). The fourth-order valence-electron chi connectivity index (χ4n) is 2.51. The number of para-hydroxylation sites is 1. The molecule has 0 fully saturated rings. The first-order valence-corrected chi connectivity index (χ1v) is 8.08. The lowest BCUT2D eigenvalue weighted by Gasteiger charge is -2.09. The smallest absolute Gasteiger partial charge is 0.259 e. The van der Waals surface area contributed by atoms with Crippen LogP contribution in [0.15, 0.2) is 59.3 Å². The lowest BCUT2D eigenvalue weighted by Crippen LogP contribution is -2.12. The van der Waals surface area contributed by atoms with Crippen LogP contribution < -0.4 is 14.8 Å². The Balaban J connectivity index is 1.60. The van der Waals surface area contributed by atoms with Gasteiger partial charge in [0, 0.05) is 5.69 Å². The molecule has 0 unspecified atom stereocenters. The number of thiophene rings is 1. The number of carbonyl (C=O) groups excluding carboxylic acids is 1. The first-order valence-electron chi connectivity index (χ1n) is 7.14. The molecule has 114 valence electrons. The fourth-order valence-corrected chi connectivity index (χ4v) is 3.18. The summed E-state index contributed by atoms with van der Waals surface area (Å²) in [6.45, 7) is 0.146. The molecule has 4 nitrogen and oxygen atoms in total. The van der Waals surface area contributed by atoms with E-state index in [0.717, 1.165) is 16.8 Å². The van der Waals surface area contributed by atoms with E-state index in [-0.39, 0.29) is 12.7 Å². The van der Waals surface area contributed by atoms with Crippen molar-refractivity contribution in [3.8, 4) is 22.6 Å². The van der Waals surface area contributed by atoms with Crippen LogP contribution in [0.1, 0.15) is 10.4 Å². The van der Waals surface area contributed by atoms with Gasteiger partial charge in [0.15, 0.2) is 11.5 Å². The van der Waals surface area contributed by atoms with Gasteiger partial charge in [0.1, 0.15) is 0 Å². The molecule has 1 aliphatic rings. The third-order valence-electron chi connectivity index (χ3n) is 3.62. The number of ether oxygens (including phenoxy) is 2. The second-order valence-electron chi connectivity index (χ2n) is 5.09. The molecule has 0 saturated carbocycles. The van der Waals surface area contributed by atoms with Gasteiger partial charge in [0.2, 0.25) is 6.79 Å². The summed E-state index contributed by atoms with van der Waals surface area (Å²) in [5.41, 5.74) is 3.43. The lowest BCUT2D eigenvalue weighted by atomic mass is 10.1. The standard InChI is InChI=1S/C18H13NO3S/c20-18(15-5-2-6-16-17(15)22-11-21-16)19-14-4-1-3-12(9-14)13-7-8-23-10-13/h1-10H,11H2,(H,19,20). The number of anilines is 1. The maximum absolute atomic E-state index is 12.5. The van der Waals surface area contributed by atoms with Crippen molar-refractivity contribution in [2.45, 2.75) is 0 Å². The topological polar surface area (TPSA) is 47.6 Å². The number of hydrogen-bond donors (Lipinski definition) is 1. The van der Waals surface area contributed by atoms with Crippen LogP contribution in [0.4, 0.5) is 5.69 Å². The van der Waals surface area contributed by atoms with Crippen molar-refractivity contribution >= 4 is 22.9 Å². The van der Waals surface area contributed by atoms with E-state index in [4.69, 9.17) is 9.47 Å². The van der Waals surface area contributed by atoms with Gasteiger partial charge in [-0.3, -0.25) is 4.79 Å². The van der Waals surface area contributed by atoms with Crippen molar-refractivity contribution in [2.24, 2.45) is 0 Å². The van der Waals surface area contributed by atoms with Crippen molar-refractivity contribution in [3.63, 3.8) is 0 Å². The van der Waals surface area contributed by atoms with Crippen LogP contribution in [0.2, 0.25) is 0 Å². The molecule has 0 atom stereocenters. The lowest BCUT2D eigenvalue weighted by molar-refractivity contribution is 0.102. The highest BCUT2D eigenvalue weighted by Gasteiger charge is 2.21. The molecule has 1 amide bonds. The predicted molar refractivity (Wildman–Crippen MR) is 90.3 cm³/mol. The SMILES string of the molecule is O=C(Nc1cccc(-c2ccsc2)c1)c1cccc2c1OCO2. The summed E-state index contributed by atoms with van der Waals surface area (Å²) >= 11 is 1.65. The molecule has 5 heteroatoms. The normalized spacial score (nSPS) is 12.2. The zero-order chi connectivity index (χ0) is 15.6. The van der Waals surface area contributed by atoms with E-state index >= 15 is 0 Å². The Morgan fingerprint density at radius 3 is 2.83 bits per heavy atom. The Morgan fingerprint density at radius 1 is 1.04 bits per heavy atom. The Kier molecular flexibility index (Phi) is 3.48. The zero-order valence-corrected chi connectivity index (χ0v) is 12.9. The highest BCUT2D eigenvalue weighted by molar-refractivity contribution is 7.08. The van der Waals surface area contributed by atoms with Crippen LogP contribution in [0.5, 0.6) is 11.5 Å². The van der Waals surface area contributed by atoms with Crippen LogP contribution in [-0.4, -0.2) is 12.7 Å². The van der Waals surface area contributed by atoms with Gasteiger partial charge in [0.25, 0.3) is 5.91 Å². The third kappa shape index (κ3) is 2.66. The van der Waals surface area contributed by atoms with Gasteiger partial charge in [-0.05, 0) is 52.2 Å². The molecule has 1 N–H and O–H groups in total. The van der Waals surface area contributed by atoms with E-state index < -0.39 is 0 Å². The minimum Gasteiger partial charge on any atom is -0.454 e. The van der Waals surface area contributed by atoms with Gasteiger partial charge in [0.05, 0.1) is 5.56 Å². The summed E-state index contributed by atoms with van der Waals surface area (Å²) < 4.78 is 10.7. The van der Waals surface area contributed by atoms with Crippen LogP contribution in [-0.2, 0) is 0 Å². The summed E-state index contributed by atoms with van der Waals surface area (Å²) in [7, 11) is 0. The summed E-state index contributed by atoms with van der Waals surface area (Å²) in [6, 6.07) is 15.1. The second-order valence-corrected chi connectivity index (χ2v) is 5.87. The molecule has 0 aliphatic carbocycles. The van der Waals surface area contributed by atoms with Gasteiger partial charge < -0.3 is 14.8 Å². The van der Waals surface area contributed by atoms with Gasteiger partial charge in [-0.25, -0.2) is 0 Å². The molecule has 23 heavy (non-hydrogen) atoms. The first-order chi connectivity index (χ1) is 11.3. The van der Waals surface area contributed by atoms with Crippen molar-refractivity contribution in [2.75, 3.05) is 12.1 Å². The molecule has 0 spiro atoms. The van der Waals surface area contributed by atoms with Crippen molar-refractivity contribution in [1.29, 1.82) is 0 Å². The van der Waals surface area contributed by atoms with Crippen LogP contribution in [0.3, 0.4) is 0 Å². The van der Waals surface area contributed by atoms with Crippen LogP contribution in [0.25, 0.3) is 11.1 Å². The maximum atomic E-state index is 12.5. The molecule has 3 aromatic rings. The van der Waals surface area contributed by atoms with E-state index in [1.54, 1.807) is 29.5 Å². The van der Waals surface area contributed by atoms with E-state index in [9.17, 15) is 4.79 Å². The van der Waals surface area contributed by atoms with Crippen molar-refractivity contribution in [1.82, 2.24) is 0 Å². The van der Waals surface area contributed by atoms with Gasteiger partial charge in [-0.2, -0.15) is 11.3 Å². The molecular formula is C18H13NO3S. The van der Waals surface area contributed by atoms with Gasteiger partial charge >= 0.3 is 0 Å². The van der Waals surface area contributed by atoms with Crippen LogP contribution >= 0.6 is 11.3 Å². The monoisotopic (exact) mass is 323 g/mol. The van der Waals surface area contributed by atoms with E-state index in [1.807, 2.05) is 29.6 Å². The molecular weight excluding hydrogens is 310 g/mol. The zero-order valence-electron chi connectivity index (χ0n) is 12.1. The number of carbonyl (C=O) groups is 1. The number of fused-ring (bicyclic) bond motifs is 1. The highest BCUT2D eigenvalue weighted by Crippen LogP contribution is 2.35. The fraction of sp³-hybridized carbons (Fsp3) is 0.0556. The van der Waals surface area contributed by atoms with Gasteiger partial charge in [-0.1, -0.05) is 18.2 Å². The average molecular weight is 323 g/mol. The average Bonchev–Trinajstić information content (AvgIpc) is 3.26. The van der Waals surface area contributed by atoms with E-state index in [0.29, 0.717) is 17.1 Å². The summed E-state index contributed by atoms with van der Waals surface area (Å²) in [5, 5.41) is 7.03. The number of benzene rings is 2. The molecule has 0 bridgehead atoms. The summed E-state index contributed by atoms with van der Waals surface area (Å²) in [4.78, 5) is 12.5. The second kappa shape index (κ2) is 5.78. The Morgan fingerprint density at radius 2 is 1.96 bits per heavy atom.